The summed E-state index contributed by atoms with van der Waals surface area (Å²) in [6.07, 6.45) is 0.355. The van der Waals surface area contributed by atoms with E-state index in [2.05, 4.69) is 16.3 Å². The molecule has 7 heteroatoms. The van der Waals surface area contributed by atoms with Crippen molar-refractivity contribution in [2.24, 2.45) is 0 Å². The standard InChI is InChI=1S/C13H16ClN3O.2ClH/c14-11-3-1-2-10(13(11)18)12(4-5-15)17-8-6-16-7-9-17;;/h1-3,12,16,18H,4,6-9H2;2*1H/t12-;;/m0../s1. The Bertz CT molecular complexity index is 459. The summed E-state index contributed by atoms with van der Waals surface area (Å²) in [6, 6.07) is 7.41. The first kappa shape index (κ1) is 19.3. The van der Waals surface area contributed by atoms with Crippen LogP contribution in [0.4, 0.5) is 0 Å². The molecular weight excluding hydrogens is 321 g/mol. The van der Waals surface area contributed by atoms with Crippen LogP contribution in [0.1, 0.15) is 18.0 Å². The van der Waals surface area contributed by atoms with E-state index in [1.165, 1.54) is 0 Å². The van der Waals surface area contributed by atoms with Gasteiger partial charge in [-0.25, -0.2) is 0 Å². The lowest BCUT2D eigenvalue weighted by molar-refractivity contribution is 0.173. The van der Waals surface area contributed by atoms with Crippen LogP contribution in [-0.4, -0.2) is 36.2 Å². The third kappa shape index (κ3) is 4.41. The number of hydrogen-bond donors (Lipinski definition) is 2. The normalized spacial score (nSPS) is 16.4. The predicted octanol–water partition coefficient (Wildman–Crippen LogP) is 2.75. The Balaban J connectivity index is 0.00000180. The molecule has 0 bridgehead atoms. The number of benzene rings is 1. The van der Waals surface area contributed by atoms with Crippen molar-refractivity contribution in [3.05, 3.63) is 28.8 Å². The van der Waals surface area contributed by atoms with E-state index in [9.17, 15) is 5.11 Å². The second-order valence-corrected chi connectivity index (χ2v) is 4.75. The summed E-state index contributed by atoms with van der Waals surface area (Å²) < 4.78 is 0. The summed E-state index contributed by atoms with van der Waals surface area (Å²) in [5.74, 6) is 0.0953. The smallest absolute Gasteiger partial charge is 0.138 e. The zero-order valence-corrected chi connectivity index (χ0v) is 13.3. The summed E-state index contributed by atoms with van der Waals surface area (Å²) in [4.78, 5) is 2.21. The largest absolute Gasteiger partial charge is 0.506 e. The molecule has 0 unspecified atom stereocenters. The van der Waals surface area contributed by atoms with Gasteiger partial charge < -0.3 is 10.4 Å². The minimum atomic E-state index is -0.0872. The molecule has 1 aliphatic rings. The number of phenolic OH excluding ortho intramolecular Hbond substituents is 1. The van der Waals surface area contributed by atoms with Crippen molar-refractivity contribution in [3.63, 3.8) is 0 Å². The molecule has 1 aliphatic heterocycles. The number of piperazine rings is 1. The van der Waals surface area contributed by atoms with Crippen molar-refractivity contribution in [3.8, 4) is 11.8 Å². The second kappa shape index (κ2) is 9.28. The fourth-order valence-electron chi connectivity index (χ4n) is 2.32. The molecule has 2 rings (SSSR count). The summed E-state index contributed by atoms with van der Waals surface area (Å²) in [6.45, 7) is 3.56. The van der Waals surface area contributed by atoms with Crippen LogP contribution in [0.2, 0.25) is 5.02 Å². The number of rotatable bonds is 3. The average molecular weight is 339 g/mol. The number of halogens is 3. The van der Waals surface area contributed by atoms with E-state index in [4.69, 9.17) is 16.9 Å². The summed E-state index contributed by atoms with van der Waals surface area (Å²) in [5, 5.41) is 22.6. The second-order valence-electron chi connectivity index (χ2n) is 4.34. The van der Waals surface area contributed by atoms with E-state index in [-0.39, 0.29) is 36.6 Å². The highest BCUT2D eigenvalue weighted by atomic mass is 35.5. The van der Waals surface area contributed by atoms with Crippen molar-refractivity contribution in [2.45, 2.75) is 12.5 Å². The Morgan fingerprint density at radius 2 is 2.00 bits per heavy atom. The van der Waals surface area contributed by atoms with Crippen molar-refractivity contribution < 1.29 is 5.11 Å². The van der Waals surface area contributed by atoms with Gasteiger partial charge in [0.05, 0.1) is 23.6 Å². The first-order valence-corrected chi connectivity index (χ1v) is 6.41. The molecule has 2 N–H and O–H groups in total. The van der Waals surface area contributed by atoms with Crippen LogP contribution in [0, 0.1) is 11.3 Å². The first-order chi connectivity index (χ1) is 8.74. The molecule has 0 saturated carbocycles. The van der Waals surface area contributed by atoms with Crippen LogP contribution < -0.4 is 5.32 Å². The Kier molecular flexibility index (Phi) is 8.95. The van der Waals surface area contributed by atoms with Gasteiger partial charge in [-0.3, -0.25) is 4.90 Å². The van der Waals surface area contributed by atoms with Gasteiger partial charge in [0.2, 0.25) is 0 Å². The van der Waals surface area contributed by atoms with E-state index in [0.717, 1.165) is 31.7 Å². The summed E-state index contributed by atoms with van der Waals surface area (Å²) in [5.41, 5.74) is 0.742. The van der Waals surface area contributed by atoms with E-state index in [0.29, 0.717) is 11.4 Å². The van der Waals surface area contributed by atoms with Crippen LogP contribution in [-0.2, 0) is 0 Å². The van der Waals surface area contributed by atoms with Crippen molar-refractivity contribution >= 4 is 36.4 Å². The SMILES string of the molecule is Cl.Cl.N#CC[C@@H](c1cccc(Cl)c1O)N1CCNCC1. The maximum atomic E-state index is 10.0. The van der Waals surface area contributed by atoms with Gasteiger partial charge in [-0.05, 0) is 6.07 Å². The molecule has 4 nitrogen and oxygen atoms in total. The lowest BCUT2D eigenvalue weighted by Gasteiger charge is -2.34. The molecule has 0 spiro atoms. The molecule has 1 fully saturated rings. The van der Waals surface area contributed by atoms with Crippen LogP contribution in [0.5, 0.6) is 5.75 Å². The van der Waals surface area contributed by atoms with E-state index >= 15 is 0 Å². The lowest BCUT2D eigenvalue weighted by Crippen LogP contribution is -2.45. The Morgan fingerprint density at radius 3 is 2.60 bits per heavy atom. The highest BCUT2D eigenvalue weighted by Gasteiger charge is 2.24. The van der Waals surface area contributed by atoms with Gasteiger partial charge in [-0.2, -0.15) is 5.26 Å². The number of phenols is 1. The zero-order valence-electron chi connectivity index (χ0n) is 10.9. The fraction of sp³-hybridized carbons (Fsp3) is 0.462. The highest BCUT2D eigenvalue weighted by Crippen LogP contribution is 2.35. The molecular formula is C13H18Cl3N3O. The molecule has 1 saturated heterocycles. The molecule has 0 aromatic heterocycles. The quantitative estimate of drug-likeness (QED) is 0.889. The fourth-order valence-corrected chi connectivity index (χ4v) is 2.50. The maximum absolute atomic E-state index is 10.0. The zero-order chi connectivity index (χ0) is 13.0. The van der Waals surface area contributed by atoms with E-state index in [1.54, 1.807) is 6.07 Å². The number of hydrogen-bond acceptors (Lipinski definition) is 4. The average Bonchev–Trinajstić information content (AvgIpc) is 2.41. The van der Waals surface area contributed by atoms with E-state index < -0.39 is 0 Å². The number of nitrogens with zero attached hydrogens (tertiary/aromatic N) is 2. The highest BCUT2D eigenvalue weighted by molar-refractivity contribution is 6.32. The Hall–Kier alpha value is -0.700. The third-order valence-corrected chi connectivity index (χ3v) is 3.56. The molecule has 1 aromatic rings. The lowest BCUT2D eigenvalue weighted by atomic mass is 10.0. The topological polar surface area (TPSA) is 59.3 Å². The maximum Gasteiger partial charge on any atom is 0.138 e. The molecule has 0 aliphatic carbocycles. The molecule has 20 heavy (non-hydrogen) atoms. The van der Waals surface area contributed by atoms with Gasteiger partial charge in [0.1, 0.15) is 5.75 Å². The van der Waals surface area contributed by atoms with Gasteiger partial charge in [0.25, 0.3) is 0 Å². The Morgan fingerprint density at radius 1 is 1.35 bits per heavy atom. The van der Waals surface area contributed by atoms with Gasteiger partial charge in [0.15, 0.2) is 0 Å². The van der Waals surface area contributed by atoms with Crippen LogP contribution in [0.15, 0.2) is 18.2 Å². The Labute approximate surface area is 136 Å². The van der Waals surface area contributed by atoms with Gasteiger partial charge in [-0.1, -0.05) is 23.7 Å². The molecule has 1 atom stereocenters. The molecule has 1 aromatic carbocycles. The van der Waals surface area contributed by atoms with Gasteiger partial charge in [0, 0.05) is 31.7 Å². The van der Waals surface area contributed by atoms with Crippen LogP contribution in [0.25, 0.3) is 0 Å². The first-order valence-electron chi connectivity index (χ1n) is 6.03. The van der Waals surface area contributed by atoms with Crippen molar-refractivity contribution in [1.82, 2.24) is 10.2 Å². The monoisotopic (exact) mass is 337 g/mol. The predicted molar refractivity (Wildman–Crippen MR) is 85.0 cm³/mol. The van der Waals surface area contributed by atoms with Crippen LogP contribution in [0.3, 0.4) is 0 Å². The minimum absolute atomic E-state index is 0. The number of para-hydroxylation sites is 1. The van der Waals surface area contributed by atoms with Gasteiger partial charge in [-0.15, -0.1) is 24.8 Å². The number of nitrogens with one attached hydrogen (secondary N) is 1. The third-order valence-electron chi connectivity index (χ3n) is 3.25. The molecule has 112 valence electrons. The van der Waals surface area contributed by atoms with Gasteiger partial charge >= 0.3 is 0 Å². The van der Waals surface area contributed by atoms with Crippen molar-refractivity contribution in [2.75, 3.05) is 26.2 Å². The number of aromatic hydroxyl groups is 1. The summed E-state index contributed by atoms with van der Waals surface area (Å²) >= 11 is 5.93. The van der Waals surface area contributed by atoms with Crippen LogP contribution >= 0.6 is 36.4 Å². The molecule has 0 amide bonds. The minimum Gasteiger partial charge on any atom is -0.506 e. The summed E-state index contributed by atoms with van der Waals surface area (Å²) in [7, 11) is 0. The van der Waals surface area contributed by atoms with E-state index in [1.807, 2.05) is 12.1 Å². The molecule has 1 heterocycles. The van der Waals surface area contributed by atoms with Crippen molar-refractivity contribution in [1.29, 1.82) is 5.26 Å². The number of nitriles is 1. The molecule has 0 radical (unpaired) electrons.